The van der Waals surface area contributed by atoms with Crippen molar-refractivity contribution in [2.45, 2.75) is 45.8 Å². The van der Waals surface area contributed by atoms with E-state index in [1.807, 2.05) is 20.8 Å². The van der Waals surface area contributed by atoms with E-state index in [0.717, 1.165) is 13.3 Å². The molecule has 0 aromatic heterocycles. The Hall–Kier alpha value is -1.30. The Bertz CT molecular complexity index is 277. The smallest absolute Gasteiger partial charge is 0.337 e. The minimum Gasteiger partial charge on any atom is -0.479 e. The fraction of sp³-hybridized carbons (Fsp3) is 0.818. The summed E-state index contributed by atoms with van der Waals surface area (Å²) in [5.74, 6) is -1.07. The van der Waals surface area contributed by atoms with Crippen molar-refractivity contribution >= 4 is 12.0 Å². The van der Waals surface area contributed by atoms with E-state index in [1.165, 1.54) is 0 Å². The van der Waals surface area contributed by atoms with Crippen molar-refractivity contribution in [2.75, 3.05) is 6.54 Å². The van der Waals surface area contributed by atoms with E-state index in [1.54, 1.807) is 0 Å². The van der Waals surface area contributed by atoms with Crippen molar-refractivity contribution in [3.05, 3.63) is 0 Å². The summed E-state index contributed by atoms with van der Waals surface area (Å²) in [6.45, 7) is 6.74. The van der Waals surface area contributed by atoms with E-state index in [-0.39, 0.29) is 12.6 Å². The van der Waals surface area contributed by atoms with Crippen LogP contribution in [0.5, 0.6) is 0 Å². The molecule has 0 radical (unpaired) electrons. The van der Waals surface area contributed by atoms with Gasteiger partial charge in [-0.05, 0) is 19.3 Å². The van der Waals surface area contributed by atoms with Gasteiger partial charge in [-0.2, -0.15) is 0 Å². The van der Waals surface area contributed by atoms with Gasteiger partial charge in [0.05, 0.1) is 6.54 Å². The van der Waals surface area contributed by atoms with Crippen molar-refractivity contribution < 1.29 is 19.8 Å². The molecule has 6 heteroatoms. The normalized spacial score (nSPS) is 16.1. The Morgan fingerprint density at radius 2 is 1.88 bits per heavy atom. The number of aliphatic hydroxyl groups is 1. The standard InChI is InChI=1S/C11H22N2O4/c1-5-8(7(2)3)13-10(16)12-6-11(4,17)9(14)15/h7-8,17H,5-6H2,1-4H3,(H,14,15)(H2,12,13,16). The van der Waals surface area contributed by atoms with Crippen LogP contribution < -0.4 is 10.6 Å². The predicted octanol–water partition coefficient (Wildman–Crippen LogP) is 0.556. The molecular weight excluding hydrogens is 224 g/mol. The SMILES string of the molecule is CCC(NC(=O)NCC(C)(O)C(=O)O)C(C)C. The first-order chi connectivity index (χ1) is 7.70. The summed E-state index contributed by atoms with van der Waals surface area (Å²) >= 11 is 0. The summed E-state index contributed by atoms with van der Waals surface area (Å²) in [6.07, 6.45) is 0.792. The second-order valence-corrected chi connectivity index (χ2v) is 4.66. The lowest BCUT2D eigenvalue weighted by Gasteiger charge is -2.23. The molecule has 0 saturated heterocycles. The number of rotatable bonds is 6. The quantitative estimate of drug-likeness (QED) is 0.550. The van der Waals surface area contributed by atoms with Gasteiger partial charge in [0.25, 0.3) is 0 Å². The van der Waals surface area contributed by atoms with Crippen molar-refractivity contribution in [3.63, 3.8) is 0 Å². The number of aliphatic carboxylic acids is 1. The molecular formula is C11H22N2O4. The van der Waals surface area contributed by atoms with E-state index in [2.05, 4.69) is 10.6 Å². The van der Waals surface area contributed by atoms with Gasteiger partial charge in [0.2, 0.25) is 0 Å². The van der Waals surface area contributed by atoms with Gasteiger partial charge in [-0.1, -0.05) is 20.8 Å². The number of amides is 2. The first kappa shape index (κ1) is 15.7. The van der Waals surface area contributed by atoms with Gasteiger partial charge < -0.3 is 20.8 Å². The van der Waals surface area contributed by atoms with Crippen LogP contribution in [-0.4, -0.2) is 40.4 Å². The van der Waals surface area contributed by atoms with Gasteiger partial charge in [0.1, 0.15) is 0 Å². The molecule has 0 bridgehead atoms. The molecule has 100 valence electrons. The lowest BCUT2D eigenvalue weighted by molar-refractivity contribution is -0.155. The van der Waals surface area contributed by atoms with Crippen molar-refractivity contribution in [1.82, 2.24) is 10.6 Å². The lowest BCUT2D eigenvalue weighted by atomic mass is 10.0. The molecule has 2 amide bonds. The molecule has 0 aliphatic carbocycles. The van der Waals surface area contributed by atoms with E-state index in [4.69, 9.17) is 5.11 Å². The number of carbonyl (C=O) groups excluding carboxylic acids is 1. The third kappa shape index (κ3) is 5.53. The lowest BCUT2D eigenvalue weighted by Crippen LogP contribution is -2.51. The van der Waals surface area contributed by atoms with Crippen molar-refractivity contribution in [3.8, 4) is 0 Å². The number of urea groups is 1. The molecule has 0 rings (SSSR count). The molecule has 2 atom stereocenters. The van der Waals surface area contributed by atoms with Crippen LogP contribution in [0.25, 0.3) is 0 Å². The third-order valence-corrected chi connectivity index (χ3v) is 2.61. The highest BCUT2D eigenvalue weighted by Gasteiger charge is 2.30. The number of carbonyl (C=O) groups is 2. The molecule has 4 N–H and O–H groups in total. The molecule has 0 aromatic carbocycles. The summed E-state index contributed by atoms with van der Waals surface area (Å²) in [5, 5.41) is 23.1. The molecule has 0 saturated carbocycles. The van der Waals surface area contributed by atoms with Crippen LogP contribution in [-0.2, 0) is 4.79 Å². The Labute approximate surface area is 101 Å². The minimum atomic E-state index is -1.95. The molecule has 0 heterocycles. The van der Waals surface area contributed by atoms with Crippen LogP contribution in [0, 0.1) is 5.92 Å². The molecule has 0 aromatic rings. The van der Waals surface area contributed by atoms with Crippen molar-refractivity contribution in [2.24, 2.45) is 5.92 Å². The minimum absolute atomic E-state index is 0.0322. The number of carboxylic acid groups (broad SMARTS) is 1. The van der Waals surface area contributed by atoms with E-state index < -0.39 is 17.6 Å². The molecule has 0 spiro atoms. The van der Waals surface area contributed by atoms with Crippen LogP contribution in [0.1, 0.15) is 34.1 Å². The van der Waals surface area contributed by atoms with Crippen LogP contribution in [0.4, 0.5) is 4.79 Å². The van der Waals surface area contributed by atoms with Crippen LogP contribution >= 0.6 is 0 Å². The summed E-state index contributed by atoms with van der Waals surface area (Å²) < 4.78 is 0. The highest BCUT2D eigenvalue weighted by Crippen LogP contribution is 2.05. The second kappa shape index (κ2) is 6.44. The van der Waals surface area contributed by atoms with Crippen LogP contribution in [0.15, 0.2) is 0 Å². The van der Waals surface area contributed by atoms with Gasteiger partial charge >= 0.3 is 12.0 Å². The maximum Gasteiger partial charge on any atom is 0.337 e. The molecule has 0 aliphatic heterocycles. The monoisotopic (exact) mass is 246 g/mol. The second-order valence-electron chi connectivity index (χ2n) is 4.66. The summed E-state index contributed by atoms with van der Waals surface area (Å²) in [4.78, 5) is 22.1. The highest BCUT2D eigenvalue weighted by molar-refractivity contribution is 5.79. The topological polar surface area (TPSA) is 98.7 Å². The summed E-state index contributed by atoms with van der Waals surface area (Å²) in [7, 11) is 0. The summed E-state index contributed by atoms with van der Waals surface area (Å²) in [6, 6.07) is -0.433. The predicted molar refractivity (Wildman–Crippen MR) is 63.7 cm³/mol. The van der Waals surface area contributed by atoms with E-state index >= 15 is 0 Å². The Morgan fingerprint density at radius 1 is 1.35 bits per heavy atom. The van der Waals surface area contributed by atoms with Crippen molar-refractivity contribution in [1.29, 1.82) is 0 Å². The third-order valence-electron chi connectivity index (χ3n) is 2.61. The average molecular weight is 246 g/mol. The van der Waals surface area contributed by atoms with Gasteiger partial charge in [-0.3, -0.25) is 0 Å². The Morgan fingerprint density at radius 3 is 2.24 bits per heavy atom. The fourth-order valence-electron chi connectivity index (χ4n) is 1.29. The van der Waals surface area contributed by atoms with Gasteiger partial charge in [-0.25, -0.2) is 9.59 Å². The molecule has 17 heavy (non-hydrogen) atoms. The maximum absolute atomic E-state index is 11.5. The Balaban J connectivity index is 4.16. The first-order valence-electron chi connectivity index (χ1n) is 5.70. The zero-order chi connectivity index (χ0) is 13.6. The molecule has 0 aliphatic rings. The summed E-state index contributed by atoms with van der Waals surface area (Å²) in [5.41, 5.74) is -1.95. The average Bonchev–Trinajstić information content (AvgIpc) is 2.22. The van der Waals surface area contributed by atoms with Crippen LogP contribution in [0.3, 0.4) is 0 Å². The molecule has 0 fully saturated rings. The largest absolute Gasteiger partial charge is 0.479 e. The zero-order valence-electron chi connectivity index (χ0n) is 10.8. The molecule has 2 unspecified atom stereocenters. The van der Waals surface area contributed by atoms with Gasteiger partial charge in [-0.15, -0.1) is 0 Å². The molecule has 6 nitrogen and oxygen atoms in total. The fourth-order valence-corrected chi connectivity index (χ4v) is 1.29. The maximum atomic E-state index is 11.5. The van der Waals surface area contributed by atoms with Gasteiger partial charge in [0.15, 0.2) is 5.60 Å². The number of hydrogen-bond donors (Lipinski definition) is 4. The van der Waals surface area contributed by atoms with E-state index in [0.29, 0.717) is 5.92 Å². The van der Waals surface area contributed by atoms with Crippen LogP contribution in [0.2, 0.25) is 0 Å². The van der Waals surface area contributed by atoms with Gasteiger partial charge in [0, 0.05) is 6.04 Å². The highest BCUT2D eigenvalue weighted by atomic mass is 16.4. The Kier molecular flexibility index (Phi) is 5.95. The number of nitrogens with one attached hydrogen (secondary N) is 2. The van der Waals surface area contributed by atoms with E-state index in [9.17, 15) is 14.7 Å². The zero-order valence-corrected chi connectivity index (χ0v) is 10.8. The number of hydrogen-bond acceptors (Lipinski definition) is 3. The first-order valence-corrected chi connectivity index (χ1v) is 5.70. The number of carboxylic acids is 1.